The number of anilines is 1. The van der Waals surface area contributed by atoms with Crippen LogP contribution in [0.3, 0.4) is 0 Å². The van der Waals surface area contributed by atoms with Crippen LogP contribution in [0.15, 0.2) is 97.3 Å². The minimum Gasteiger partial charge on any atom is -0.493 e. The summed E-state index contributed by atoms with van der Waals surface area (Å²) in [6, 6.07) is 22.1. The number of rotatable bonds is 12. The number of aromatic nitrogens is 1. The van der Waals surface area contributed by atoms with Gasteiger partial charge in [-0.3, -0.25) is 9.59 Å². The number of halogens is 3. The molecule has 0 aliphatic heterocycles. The molecule has 0 saturated heterocycles. The molecule has 5 aromatic rings. The average Bonchev–Trinajstić information content (AvgIpc) is 3.68. The number of ether oxygens (including phenoxy) is 3. The monoisotopic (exact) mass is 766 g/mol. The number of carbonyl (C=O) groups excluding carboxylic acids is 2. The van der Waals surface area contributed by atoms with Gasteiger partial charge in [0.1, 0.15) is 23.9 Å². The third-order valence-corrected chi connectivity index (χ3v) is 9.00. The van der Waals surface area contributed by atoms with Crippen LogP contribution in [-0.2, 0) is 11.4 Å². The molecule has 0 aliphatic rings. The van der Waals surface area contributed by atoms with Crippen molar-refractivity contribution in [2.24, 2.45) is 5.10 Å². The number of amides is 2. The standard InChI is InChI=1S/C34H29Br2FN4O6/c1-20-4-5-21(2)41(20)25-10-12-26(13-11-25)45-18-27-14-15-28(47-27)34(43)40-38-17-22-16-29(44-3)33(32(36)31(22)35)46-19-30(42)39-24-8-6-23(37)7-9-24/h4-17H,18-19H2,1-3H3,(H,39,42)(H,40,43)/b38-17+. The van der Waals surface area contributed by atoms with E-state index >= 15 is 0 Å². The second-order valence-electron chi connectivity index (χ2n) is 10.2. The second-order valence-corrected chi connectivity index (χ2v) is 11.8. The molecule has 10 nitrogen and oxygen atoms in total. The maximum atomic E-state index is 13.1. The molecule has 2 N–H and O–H groups in total. The number of methoxy groups -OCH3 is 1. The van der Waals surface area contributed by atoms with Gasteiger partial charge in [0.15, 0.2) is 23.9 Å². The molecule has 0 bridgehead atoms. The van der Waals surface area contributed by atoms with Gasteiger partial charge in [-0.1, -0.05) is 0 Å². The van der Waals surface area contributed by atoms with E-state index < -0.39 is 17.6 Å². The molecular formula is C34H29Br2FN4O6. The summed E-state index contributed by atoms with van der Waals surface area (Å²) in [4.78, 5) is 25.0. The van der Waals surface area contributed by atoms with Crippen molar-refractivity contribution in [3.05, 3.63) is 122 Å². The summed E-state index contributed by atoms with van der Waals surface area (Å²) in [5.41, 5.74) is 6.75. The third-order valence-electron chi connectivity index (χ3n) is 6.85. The lowest BCUT2D eigenvalue weighted by Crippen LogP contribution is -2.20. The molecule has 2 aromatic heterocycles. The zero-order valence-electron chi connectivity index (χ0n) is 25.5. The van der Waals surface area contributed by atoms with Gasteiger partial charge in [0.05, 0.1) is 17.8 Å². The number of hydrogen-bond donors (Lipinski definition) is 2. The van der Waals surface area contributed by atoms with Crippen molar-refractivity contribution in [1.29, 1.82) is 0 Å². The number of nitrogens with zero attached hydrogens (tertiary/aromatic N) is 2. The van der Waals surface area contributed by atoms with Gasteiger partial charge in [-0.05, 0) is 125 Å². The number of hydrogen-bond acceptors (Lipinski definition) is 7. The topological polar surface area (TPSA) is 116 Å². The fraction of sp³-hybridized carbons (Fsp3) is 0.147. The quantitative estimate of drug-likeness (QED) is 0.0993. The van der Waals surface area contributed by atoms with Crippen LogP contribution in [0.25, 0.3) is 5.69 Å². The molecule has 3 aromatic carbocycles. The molecule has 0 atom stereocenters. The maximum absolute atomic E-state index is 13.1. The Bertz CT molecular complexity index is 1900. The Morgan fingerprint density at radius 2 is 1.64 bits per heavy atom. The Kier molecular flexibility index (Phi) is 10.8. The lowest BCUT2D eigenvalue weighted by atomic mass is 10.2. The Morgan fingerprint density at radius 1 is 0.936 bits per heavy atom. The first kappa shape index (κ1) is 33.5. The summed E-state index contributed by atoms with van der Waals surface area (Å²) in [5.74, 6) is 0.367. The third kappa shape index (κ3) is 8.29. The fourth-order valence-corrected chi connectivity index (χ4v) is 5.50. The van der Waals surface area contributed by atoms with Crippen LogP contribution in [0.2, 0.25) is 0 Å². The molecule has 47 heavy (non-hydrogen) atoms. The largest absolute Gasteiger partial charge is 0.493 e. The van der Waals surface area contributed by atoms with Gasteiger partial charge < -0.3 is 28.5 Å². The van der Waals surface area contributed by atoms with Crippen molar-refractivity contribution in [3.63, 3.8) is 0 Å². The number of furan rings is 1. The highest BCUT2D eigenvalue weighted by Gasteiger charge is 2.18. The molecule has 0 fully saturated rings. The van der Waals surface area contributed by atoms with Crippen molar-refractivity contribution in [2.75, 3.05) is 19.0 Å². The summed E-state index contributed by atoms with van der Waals surface area (Å²) in [7, 11) is 1.45. The molecule has 0 saturated carbocycles. The zero-order valence-corrected chi connectivity index (χ0v) is 28.6. The van der Waals surface area contributed by atoms with E-state index in [2.05, 4.69) is 78.3 Å². The first-order chi connectivity index (χ1) is 22.6. The van der Waals surface area contributed by atoms with Crippen molar-refractivity contribution in [2.45, 2.75) is 20.5 Å². The average molecular weight is 768 g/mol. The van der Waals surface area contributed by atoms with Crippen LogP contribution in [0.5, 0.6) is 17.2 Å². The van der Waals surface area contributed by atoms with Crippen molar-refractivity contribution >= 4 is 55.6 Å². The van der Waals surface area contributed by atoms with Crippen molar-refractivity contribution in [1.82, 2.24) is 9.99 Å². The maximum Gasteiger partial charge on any atom is 0.307 e. The first-order valence-corrected chi connectivity index (χ1v) is 15.8. The fourth-order valence-electron chi connectivity index (χ4n) is 4.57. The molecule has 242 valence electrons. The van der Waals surface area contributed by atoms with Crippen molar-refractivity contribution < 1.29 is 32.6 Å². The summed E-state index contributed by atoms with van der Waals surface area (Å²) in [6.45, 7) is 3.92. The van der Waals surface area contributed by atoms with Gasteiger partial charge in [0.25, 0.3) is 5.91 Å². The molecule has 13 heteroatoms. The van der Waals surface area contributed by atoms with E-state index in [0.717, 1.165) is 17.1 Å². The number of aryl methyl sites for hydroxylation is 2. The molecule has 2 heterocycles. The summed E-state index contributed by atoms with van der Waals surface area (Å²) < 4.78 is 38.9. The molecule has 2 amide bonds. The van der Waals surface area contributed by atoms with E-state index in [4.69, 9.17) is 18.6 Å². The molecular weight excluding hydrogens is 739 g/mol. The normalized spacial score (nSPS) is 11.0. The molecule has 0 spiro atoms. The minimum atomic E-state index is -0.552. The summed E-state index contributed by atoms with van der Waals surface area (Å²) >= 11 is 6.93. The predicted molar refractivity (Wildman–Crippen MR) is 182 cm³/mol. The van der Waals surface area contributed by atoms with Gasteiger partial charge in [-0.15, -0.1) is 0 Å². The molecule has 0 aliphatic carbocycles. The Hall–Kier alpha value is -4.88. The predicted octanol–water partition coefficient (Wildman–Crippen LogP) is 7.72. The lowest BCUT2D eigenvalue weighted by molar-refractivity contribution is -0.118. The number of hydrazone groups is 1. The van der Waals surface area contributed by atoms with E-state index in [1.165, 1.54) is 43.7 Å². The van der Waals surface area contributed by atoms with E-state index in [9.17, 15) is 14.0 Å². The number of nitrogens with one attached hydrogen (secondary N) is 2. The van der Waals surface area contributed by atoms with Gasteiger partial charge in [0, 0.05) is 32.8 Å². The molecule has 0 radical (unpaired) electrons. The van der Waals surface area contributed by atoms with E-state index in [1.54, 1.807) is 12.1 Å². The van der Waals surface area contributed by atoms with Gasteiger partial charge in [0.2, 0.25) is 0 Å². The van der Waals surface area contributed by atoms with Crippen LogP contribution in [0, 0.1) is 19.7 Å². The van der Waals surface area contributed by atoms with Crippen LogP contribution in [0.4, 0.5) is 10.1 Å². The van der Waals surface area contributed by atoms with Gasteiger partial charge >= 0.3 is 5.91 Å². The zero-order chi connectivity index (χ0) is 33.5. The number of carbonyl (C=O) groups is 2. The van der Waals surface area contributed by atoms with E-state index in [0.29, 0.717) is 37.5 Å². The first-order valence-electron chi connectivity index (χ1n) is 14.2. The van der Waals surface area contributed by atoms with E-state index in [-0.39, 0.29) is 24.7 Å². The minimum absolute atomic E-state index is 0.0649. The van der Waals surface area contributed by atoms with Crippen LogP contribution in [-0.4, -0.2) is 36.3 Å². The van der Waals surface area contributed by atoms with E-state index in [1.807, 2.05) is 24.3 Å². The molecule has 5 rings (SSSR count). The van der Waals surface area contributed by atoms with Crippen molar-refractivity contribution in [3.8, 4) is 22.9 Å². The Labute approximate surface area is 286 Å². The lowest BCUT2D eigenvalue weighted by Gasteiger charge is -2.15. The van der Waals surface area contributed by atoms with Gasteiger partial charge in [-0.2, -0.15) is 5.10 Å². The summed E-state index contributed by atoms with van der Waals surface area (Å²) in [5, 5.41) is 6.66. The highest BCUT2D eigenvalue weighted by atomic mass is 79.9. The Balaban J connectivity index is 1.15. The SMILES string of the molecule is COc1cc(/C=N/NC(=O)c2ccc(COc3ccc(-n4c(C)ccc4C)cc3)o2)c(Br)c(Br)c1OCC(=O)Nc1ccc(F)cc1. The Morgan fingerprint density at radius 3 is 2.32 bits per heavy atom. The summed E-state index contributed by atoms with van der Waals surface area (Å²) in [6.07, 6.45) is 1.41. The second kappa shape index (κ2) is 15.1. The van der Waals surface area contributed by atoms with Crippen LogP contribution >= 0.6 is 31.9 Å². The smallest absolute Gasteiger partial charge is 0.307 e. The van der Waals surface area contributed by atoms with Gasteiger partial charge in [-0.25, -0.2) is 9.82 Å². The number of benzene rings is 3. The molecule has 0 unspecified atom stereocenters. The highest BCUT2D eigenvalue weighted by molar-refractivity contribution is 9.13. The highest BCUT2D eigenvalue weighted by Crippen LogP contribution is 2.42. The van der Waals surface area contributed by atoms with Crippen LogP contribution in [0.1, 0.15) is 33.3 Å². The van der Waals surface area contributed by atoms with Crippen LogP contribution < -0.4 is 25.0 Å².